The molecular weight excluding hydrogens is 240 g/mol. The minimum Gasteiger partial charge on any atom is -0.484 e. The number of hydrogen-bond donors (Lipinski definition) is 0. The summed E-state index contributed by atoms with van der Waals surface area (Å²) in [6, 6.07) is 9.47. The maximum Gasteiger partial charge on any atom is 0.264 e. The standard InChI is InChI=1S/C12H13ClN2O2/c1-2-10(13)12-14-11(17-15-12)8-16-9-6-4-3-5-7-9/h3-7,10H,2,8H2,1H3. The van der Waals surface area contributed by atoms with Gasteiger partial charge in [0, 0.05) is 0 Å². The van der Waals surface area contributed by atoms with Crippen molar-refractivity contribution in [2.24, 2.45) is 0 Å². The van der Waals surface area contributed by atoms with Crippen LogP contribution in [0.5, 0.6) is 5.75 Å². The van der Waals surface area contributed by atoms with Crippen molar-refractivity contribution in [3.05, 3.63) is 42.0 Å². The molecule has 0 amide bonds. The van der Waals surface area contributed by atoms with Crippen molar-refractivity contribution in [3.63, 3.8) is 0 Å². The minimum absolute atomic E-state index is 0.204. The molecule has 1 aromatic heterocycles. The van der Waals surface area contributed by atoms with E-state index in [-0.39, 0.29) is 12.0 Å². The van der Waals surface area contributed by atoms with Crippen molar-refractivity contribution in [2.75, 3.05) is 0 Å². The highest BCUT2D eigenvalue weighted by Gasteiger charge is 2.13. The van der Waals surface area contributed by atoms with Crippen LogP contribution in [0.25, 0.3) is 0 Å². The molecule has 0 N–H and O–H groups in total. The summed E-state index contributed by atoms with van der Waals surface area (Å²) in [7, 11) is 0. The molecule has 0 saturated heterocycles. The quantitative estimate of drug-likeness (QED) is 0.766. The molecule has 0 saturated carbocycles. The molecule has 5 heteroatoms. The summed E-state index contributed by atoms with van der Waals surface area (Å²) in [6.45, 7) is 2.22. The number of benzene rings is 1. The number of hydrogen-bond acceptors (Lipinski definition) is 4. The Labute approximate surface area is 105 Å². The second kappa shape index (κ2) is 5.68. The highest BCUT2D eigenvalue weighted by atomic mass is 35.5. The third-order valence-corrected chi connectivity index (χ3v) is 2.73. The minimum atomic E-state index is -0.204. The van der Waals surface area contributed by atoms with Crippen molar-refractivity contribution < 1.29 is 9.26 Å². The van der Waals surface area contributed by atoms with Gasteiger partial charge in [-0.25, -0.2) is 0 Å². The molecule has 0 fully saturated rings. The Morgan fingerprint density at radius 3 is 2.82 bits per heavy atom. The number of rotatable bonds is 5. The molecule has 0 spiro atoms. The van der Waals surface area contributed by atoms with Crippen LogP contribution in [0.2, 0.25) is 0 Å². The van der Waals surface area contributed by atoms with Crippen molar-refractivity contribution in [2.45, 2.75) is 25.3 Å². The van der Waals surface area contributed by atoms with E-state index in [0.717, 1.165) is 12.2 Å². The number of halogens is 1. The van der Waals surface area contributed by atoms with Gasteiger partial charge in [-0.1, -0.05) is 30.3 Å². The molecule has 1 unspecified atom stereocenters. The van der Waals surface area contributed by atoms with E-state index in [1.165, 1.54) is 0 Å². The van der Waals surface area contributed by atoms with Gasteiger partial charge in [0.15, 0.2) is 12.4 Å². The van der Waals surface area contributed by atoms with Crippen molar-refractivity contribution >= 4 is 11.6 Å². The number of ether oxygens (including phenoxy) is 1. The molecule has 4 nitrogen and oxygen atoms in total. The van der Waals surface area contributed by atoms with Crippen molar-refractivity contribution in [1.29, 1.82) is 0 Å². The maximum atomic E-state index is 6.00. The molecule has 1 atom stereocenters. The Hall–Kier alpha value is -1.55. The predicted molar refractivity (Wildman–Crippen MR) is 64.0 cm³/mol. The van der Waals surface area contributed by atoms with E-state index in [0.29, 0.717) is 11.7 Å². The summed E-state index contributed by atoms with van der Waals surface area (Å²) in [4.78, 5) is 4.16. The van der Waals surface area contributed by atoms with Gasteiger partial charge in [-0.15, -0.1) is 11.6 Å². The summed E-state index contributed by atoms with van der Waals surface area (Å²) in [6.07, 6.45) is 0.764. The molecule has 0 aliphatic carbocycles. The first-order valence-electron chi connectivity index (χ1n) is 5.44. The van der Waals surface area contributed by atoms with Gasteiger partial charge in [0.1, 0.15) is 5.75 Å². The van der Waals surface area contributed by atoms with Gasteiger partial charge < -0.3 is 9.26 Å². The van der Waals surface area contributed by atoms with Crippen LogP contribution < -0.4 is 4.74 Å². The molecule has 17 heavy (non-hydrogen) atoms. The molecule has 1 heterocycles. The number of aromatic nitrogens is 2. The van der Waals surface area contributed by atoms with Gasteiger partial charge in [0.25, 0.3) is 5.89 Å². The smallest absolute Gasteiger partial charge is 0.264 e. The molecule has 2 rings (SSSR count). The Bertz CT molecular complexity index is 459. The van der Waals surface area contributed by atoms with Gasteiger partial charge in [-0.2, -0.15) is 4.98 Å². The molecule has 0 aliphatic rings. The van der Waals surface area contributed by atoms with Gasteiger partial charge in [-0.05, 0) is 18.6 Å². The van der Waals surface area contributed by atoms with Gasteiger partial charge in [0.2, 0.25) is 0 Å². The van der Waals surface area contributed by atoms with Crippen LogP contribution in [0, 0.1) is 0 Å². The van der Waals surface area contributed by atoms with E-state index >= 15 is 0 Å². The van der Waals surface area contributed by atoms with Crippen LogP contribution in [-0.4, -0.2) is 10.1 Å². The first-order valence-corrected chi connectivity index (χ1v) is 5.87. The van der Waals surface area contributed by atoms with E-state index in [9.17, 15) is 0 Å². The SMILES string of the molecule is CCC(Cl)c1noc(COc2ccccc2)n1. The van der Waals surface area contributed by atoms with Crippen molar-refractivity contribution in [3.8, 4) is 5.75 Å². The molecule has 90 valence electrons. The lowest BCUT2D eigenvalue weighted by Gasteiger charge is -2.01. The van der Waals surface area contributed by atoms with Gasteiger partial charge >= 0.3 is 0 Å². The zero-order valence-electron chi connectivity index (χ0n) is 9.47. The average molecular weight is 253 g/mol. The highest BCUT2D eigenvalue weighted by Crippen LogP contribution is 2.20. The number of nitrogens with zero attached hydrogens (tertiary/aromatic N) is 2. The molecular formula is C12H13ClN2O2. The molecule has 1 aromatic carbocycles. The number of alkyl halides is 1. The van der Waals surface area contributed by atoms with Crippen LogP contribution in [0.4, 0.5) is 0 Å². The van der Waals surface area contributed by atoms with E-state index in [1.54, 1.807) is 0 Å². The number of para-hydroxylation sites is 1. The second-order valence-corrected chi connectivity index (χ2v) is 4.05. The highest BCUT2D eigenvalue weighted by molar-refractivity contribution is 6.20. The fourth-order valence-corrected chi connectivity index (χ4v) is 1.39. The topological polar surface area (TPSA) is 48.2 Å². The summed E-state index contributed by atoms with van der Waals surface area (Å²) < 4.78 is 10.5. The van der Waals surface area contributed by atoms with Crippen molar-refractivity contribution in [1.82, 2.24) is 10.1 Å². The van der Waals surface area contributed by atoms with E-state index in [4.69, 9.17) is 20.9 Å². The average Bonchev–Trinajstić information content (AvgIpc) is 2.85. The largest absolute Gasteiger partial charge is 0.484 e. The Balaban J connectivity index is 1.94. The summed E-state index contributed by atoms with van der Waals surface area (Å²) in [5.74, 6) is 1.72. The Morgan fingerprint density at radius 1 is 1.35 bits per heavy atom. The van der Waals surface area contributed by atoms with Crippen LogP contribution in [-0.2, 0) is 6.61 Å². The molecule has 2 aromatic rings. The normalized spacial score (nSPS) is 12.4. The third-order valence-electron chi connectivity index (χ3n) is 2.23. The van der Waals surface area contributed by atoms with Gasteiger partial charge in [-0.3, -0.25) is 0 Å². The zero-order valence-corrected chi connectivity index (χ0v) is 10.2. The van der Waals surface area contributed by atoms with E-state index in [2.05, 4.69) is 10.1 Å². The Morgan fingerprint density at radius 2 is 2.12 bits per heavy atom. The lowest BCUT2D eigenvalue weighted by Crippen LogP contribution is -1.96. The first kappa shape index (κ1) is 11.9. The lowest BCUT2D eigenvalue weighted by atomic mass is 10.3. The summed E-state index contributed by atoms with van der Waals surface area (Å²) >= 11 is 6.00. The third kappa shape index (κ3) is 3.20. The predicted octanol–water partition coefficient (Wildman–Crippen LogP) is 3.34. The summed E-state index contributed by atoms with van der Waals surface area (Å²) in [5.41, 5.74) is 0. The Kier molecular flexibility index (Phi) is 3.98. The van der Waals surface area contributed by atoms with Gasteiger partial charge in [0.05, 0.1) is 5.38 Å². The first-order chi connectivity index (χ1) is 8.29. The van der Waals surface area contributed by atoms with E-state index in [1.807, 2.05) is 37.3 Å². The summed E-state index contributed by atoms with van der Waals surface area (Å²) in [5, 5.41) is 3.60. The monoisotopic (exact) mass is 252 g/mol. The van der Waals surface area contributed by atoms with Crippen LogP contribution >= 0.6 is 11.6 Å². The second-order valence-electron chi connectivity index (χ2n) is 3.52. The lowest BCUT2D eigenvalue weighted by molar-refractivity contribution is 0.242. The van der Waals surface area contributed by atoms with Crippen LogP contribution in [0.1, 0.15) is 30.4 Å². The maximum absolute atomic E-state index is 6.00. The van der Waals surface area contributed by atoms with Crippen LogP contribution in [0.15, 0.2) is 34.9 Å². The molecule has 0 radical (unpaired) electrons. The molecule has 0 aliphatic heterocycles. The van der Waals surface area contributed by atoms with E-state index < -0.39 is 0 Å². The fourth-order valence-electron chi connectivity index (χ4n) is 1.30. The zero-order chi connectivity index (χ0) is 12.1. The fraction of sp³-hybridized carbons (Fsp3) is 0.333. The molecule has 0 bridgehead atoms. The van der Waals surface area contributed by atoms with Crippen LogP contribution in [0.3, 0.4) is 0 Å².